The summed E-state index contributed by atoms with van der Waals surface area (Å²) in [6.07, 6.45) is 6.24. The second kappa shape index (κ2) is 8.63. The number of hydrogen-bond acceptors (Lipinski definition) is 7. The summed E-state index contributed by atoms with van der Waals surface area (Å²) in [6.45, 7) is 2.50. The van der Waals surface area contributed by atoms with Gasteiger partial charge < -0.3 is 10.5 Å². The molecule has 9 nitrogen and oxygen atoms in total. The van der Waals surface area contributed by atoms with Crippen molar-refractivity contribution in [2.45, 2.75) is 25.8 Å². The van der Waals surface area contributed by atoms with E-state index in [2.05, 4.69) is 20.2 Å². The molecule has 4 aromatic heterocycles. The molecule has 5 rings (SSSR count). The van der Waals surface area contributed by atoms with Gasteiger partial charge in [-0.25, -0.2) is 22.7 Å². The van der Waals surface area contributed by atoms with Crippen LogP contribution in [-0.2, 0) is 0 Å². The van der Waals surface area contributed by atoms with E-state index in [-0.39, 0.29) is 11.5 Å². The first kappa shape index (κ1) is 23.3. The van der Waals surface area contributed by atoms with Crippen LogP contribution in [0.2, 0.25) is 0 Å². The van der Waals surface area contributed by atoms with Gasteiger partial charge in [0.2, 0.25) is 5.95 Å². The molecule has 1 aromatic carbocycles. The Hall–Kier alpha value is -4.48. The number of aryl methyl sites for hydroxylation is 1. The summed E-state index contributed by atoms with van der Waals surface area (Å²) in [5.41, 5.74) is 8.85. The monoisotopic (exact) mass is 494 g/mol. The van der Waals surface area contributed by atoms with Gasteiger partial charge in [0, 0.05) is 30.4 Å². The topological polar surface area (TPSA) is 109 Å². The van der Waals surface area contributed by atoms with Crippen LogP contribution in [0.3, 0.4) is 0 Å². The fraction of sp³-hybridized carbons (Fsp3) is 0.208. The Bertz CT molecular complexity index is 1560. The summed E-state index contributed by atoms with van der Waals surface area (Å²) in [5.74, 6) is -3.19. The van der Waals surface area contributed by atoms with Crippen molar-refractivity contribution >= 4 is 11.6 Å². The number of hydrogen-bond donors (Lipinski definition) is 1. The highest BCUT2D eigenvalue weighted by Gasteiger charge is 2.38. The van der Waals surface area contributed by atoms with Gasteiger partial charge in [0.15, 0.2) is 11.4 Å². The van der Waals surface area contributed by atoms with Crippen LogP contribution in [0.25, 0.3) is 28.2 Å². The van der Waals surface area contributed by atoms with Crippen LogP contribution in [-0.4, -0.2) is 47.4 Å². The molecular weight excluding hydrogens is 473 g/mol. The SMILES string of the molecule is COc1c(-c2cncc(-c3cn([C@H](c4ccc(F)cc4)C(C)(F)F)nc3C)n2)ccn2nc(N)nc12. The zero-order chi connectivity index (χ0) is 25.6. The fourth-order valence-corrected chi connectivity index (χ4v) is 4.16. The first-order valence-corrected chi connectivity index (χ1v) is 10.9. The van der Waals surface area contributed by atoms with Gasteiger partial charge in [-0.15, -0.1) is 5.10 Å². The van der Waals surface area contributed by atoms with Crippen molar-refractivity contribution in [3.8, 4) is 28.3 Å². The summed E-state index contributed by atoms with van der Waals surface area (Å²) in [6, 6.07) is 5.25. The summed E-state index contributed by atoms with van der Waals surface area (Å²) >= 11 is 0. The number of halogens is 3. The zero-order valence-corrected chi connectivity index (χ0v) is 19.5. The number of aromatic nitrogens is 7. The average Bonchev–Trinajstić information content (AvgIpc) is 3.40. The molecule has 0 unspecified atom stereocenters. The Morgan fingerprint density at radius 2 is 1.69 bits per heavy atom. The Morgan fingerprint density at radius 1 is 1.00 bits per heavy atom. The minimum absolute atomic E-state index is 0.0942. The predicted octanol–water partition coefficient (Wildman–Crippen LogP) is 4.33. The number of rotatable bonds is 6. The number of fused-ring (bicyclic) bond motifs is 1. The molecule has 0 saturated heterocycles. The standard InChI is InChI=1S/C24H21F3N8O/c1-13-17(12-35(32-13)21(24(2,26)27)14-4-6-15(25)7-5-14)19-11-29-10-18(30-19)16-8-9-34-22(20(16)36-3)31-23(28)33-34/h4-12,21H,1-3H3,(H2,28,33)/t21-/m1/s1. The van der Waals surface area contributed by atoms with Crippen LogP contribution in [0, 0.1) is 12.7 Å². The fourth-order valence-electron chi connectivity index (χ4n) is 4.16. The molecular formula is C24H21F3N8O. The van der Waals surface area contributed by atoms with Crippen molar-refractivity contribution in [3.63, 3.8) is 0 Å². The molecule has 0 amide bonds. The van der Waals surface area contributed by atoms with Crippen LogP contribution < -0.4 is 10.5 Å². The van der Waals surface area contributed by atoms with E-state index in [0.29, 0.717) is 39.6 Å². The van der Waals surface area contributed by atoms with E-state index in [1.54, 1.807) is 25.4 Å². The molecule has 184 valence electrons. The molecule has 0 spiro atoms. The van der Waals surface area contributed by atoms with E-state index in [1.165, 1.54) is 40.8 Å². The van der Waals surface area contributed by atoms with E-state index in [4.69, 9.17) is 15.5 Å². The summed E-state index contributed by atoms with van der Waals surface area (Å²) in [5, 5.41) is 8.42. The number of nitrogens with zero attached hydrogens (tertiary/aromatic N) is 7. The third kappa shape index (κ3) is 4.10. The van der Waals surface area contributed by atoms with Gasteiger partial charge in [0.05, 0.1) is 36.6 Å². The van der Waals surface area contributed by atoms with Crippen LogP contribution in [0.5, 0.6) is 5.75 Å². The number of alkyl halides is 2. The first-order valence-electron chi connectivity index (χ1n) is 10.9. The lowest BCUT2D eigenvalue weighted by molar-refractivity contribution is -0.0217. The number of nitrogens with two attached hydrogens (primary N) is 1. The number of benzene rings is 1. The molecule has 0 bridgehead atoms. The maximum atomic E-state index is 14.7. The largest absolute Gasteiger partial charge is 0.492 e. The summed E-state index contributed by atoms with van der Waals surface area (Å²) in [7, 11) is 1.50. The van der Waals surface area contributed by atoms with Gasteiger partial charge in [-0.05, 0) is 30.7 Å². The molecule has 5 aromatic rings. The smallest absolute Gasteiger partial charge is 0.271 e. The van der Waals surface area contributed by atoms with Crippen LogP contribution in [0.1, 0.15) is 24.2 Å². The minimum Gasteiger partial charge on any atom is -0.492 e. The Kier molecular flexibility index (Phi) is 5.58. The predicted molar refractivity (Wildman–Crippen MR) is 126 cm³/mol. The van der Waals surface area contributed by atoms with Gasteiger partial charge in [-0.1, -0.05) is 12.1 Å². The molecule has 36 heavy (non-hydrogen) atoms. The summed E-state index contributed by atoms with van der Waals surface area (Å²) < 4.78 is 51.0. The lowest BCUT2D eigenvalue weighted by atomic mass is 10.0. The van der Waals surface area contributed by atoms with Crippen molar-refractivity contribution in [1.29, 1.82) is 0 Å². The highest BCUT2D eigenvalue weighted by Crippen LogP contribution is 2.37. The normalized spacial score (nSPS) is 12.7. The minimum atomic E-state index is -3.18. The first-order chi connectivity index (χ1) is 17.2. The van der Waals surface area contributed by atoms with E-state index < -0.39 is 17.8 Å². The van der Waals surface area contributed by atoms with Gasteiger partial charge in [-0.2, -0.15) is 10.1 Å². The van der Waals surface area contributed by atoms with Crippen LogP contribution in [0.15, 0.2) is 55.1 Å². The second-order valence-electron chi connectivity index (χ2n) is 8.31. The number of anilines is 1. The second-order valence-corrected chi connectivity index (χ2v) is 8.31. The van der Waals surface area contributed by atoms with E-state index >= 15 is 0 Å². The lowest BCUT2D eigenvalue weighted by Crippen LogP contribution is -2.29. The van der Waals surface area contributed by atoms with Gasteiger partial charge in [0.1, 0.15) is 11.9 Å². The quantitative estimate of drug-likeness (QED) is 0.374. The number of ether oxygens (including phenoxy) is 1. The molecule has 0 radical (unpaired) electrons. The highest BCUT2D eigenvalue weighted by atomic mass is 19.3. The molecule has 4 heterocycles. The molecule has 12 heteroatoms. The molecule has 2 N–H and O–H groups in total. The van der Waals surface area contributed by atoms with Crippen molar-refractivity contribution in [2.24, 2.45) is 0 Å². The maximum Gasteiger partial charge on any atom is 0.271 e. The number of methoxy groups -OCH3 is 1. The summed E-state index contributed by atoms with van der Waals surface area (Å²) in [4.78, 5) is 13.2. The maximum absolute atomic E-state index is 14.7. The van der Waals surface area contributed by atoms with E-state index in [0.717, 1.165) is 19.1 Å². The van der Waals surface area contributed by atoms with Gasteiger partial charge in [-0.3, -0.25) is 9.67 Å². The van der Waals surface area contributed by atoms with E-state index in [1.807, 2.05) is 0 Å². The zero-order valence-electron chi connectivity index (χ0n) is 19.5. The third-order valence-corrected chi connectivity index (χ3v) is 5.72. The van der Waals surface area contributed by atoms with E-state index in [9.17, 15) is 13.2 Å². The number of pyridine rings is 1. The molecule has 0 aliphatic carbocycles. The van der Waals surface area contributed by atoms with Crippen molar-refractivity contribution in [2.75, 3.05) is 12.8 Å². The van der Waals surface area contributed by atoms with Crippen LogP contribution in [0.4, 0.5) is 19.1 Å². The van der Waals surface area contributed by atoms with Crippen LogP contribution >= 0.6 is 0 Å². The van der Waals surface area contributed by atoms with Crippen molar-refractivity contribution < 1.29 is 17.9 Å². The molecule has 0 saturated carbocycles. The van der Waals surface area contributed by atoms with Gasteiger partial charge in [0.25, 0.3) is 5.92 Å². The average molecular weight is 494 g/mol. The lowest BCUT2D eigenvalue weighted by Gasteiger charge is -2.24. The Morgan fingerprint density at radius 3 is 2.36 bits per heavy atom. The molecule has 0 aliphatic heterocycles. The Labute approximate surface area is 203 Å². The van der Waals surface area contributed by atoms with Gasteiger partial charge >= 0.3 is 0 Å². The number of nitrogen functional groups attached to an aromatic ring is 1. The van der Waals surface area contributed by atoms with Crippen molar-refractivity contribution in [1.82, 2.24) is 34.3 Å². The molecule has 0 fully saturated rings. The molecule has 1 atom stereocenters. The third-order valence-electron chi connectivity index (χ3n) is 5.72. The van der Waals surface area contributed by atoms with Crippen molar-refractivity contribution in [3.05, 3.63) is 72.2 Å². The highest BCUT2D eigenvalue weighted by molar-refractivity contribution is 5.76. The molecule has 0 aliphatic rings. The Balaban J connectivity index is 1.58.